The van der Waals surface area contributed by atoms with Gasteiger partial charge in [0.2, 0.25) is 0 Å². The fourth-order valence-corrected chi connectivity index (χ4v) is 3.06. The maximum absolute atomic E-state index is 6.02. The van der Waals surface area contributed by atoms with E-state index in [9.17, 15) is 0 Å². The highest BCUT2D eigenvalue weighted by Gasteiger charge is 2.39. The number of halogens is 1. The van der Waals surface area contributed by atoms with Crippen molar-refractivity contribution in [3.63, 3.8) is 0 Å². The van der Waals surface area contributed by atoms with Crippen molar-refractivity contribution < 1.29 is 13.9 Å². The van der Waals surface area contributed by atoms with E-state index in [2.05, 4.69) is 25.1 Å². The first-order valence-corrected chi connectivity index (χ1v) is 7.35. The molecule has 0 bridgehead atoms. The minimum atomic E-state index is -0.394. The Morgan fingerprint density at radius 3 is 2.29 bits per heavy atom. The average molecular weight is 298 g/mol. The van der Waals surface area contributed by atoms with E-state index in [-0.39, 0.29) is 7.12 Å². The minimum absolute atomic E-state index is 0.368. The van der Waals surface area contributed by atoms with Gasteiger partial charge in [-0.25, -0.2) is 0 Å². The number of rotatable bonds is 2. The van der Waals surface area contributed by atoms with Gasteiger partial charge in [-0.3, -0.25) is 0 Å². The molecule has 0 saturated carbocycles. The summed E-state index contributed by atoms with van der Waals surface area (Å²) in [6.07, 6.45) is 0. The fourth-order valence-electron chi connectivity index (χ4n) is 2.87. The molecule has 0 aliphatic carbocycles. The van der Waals surface area contributed by atoms with Gasteiger partial charge in [0.25, 0.3) is 0 Å². The first-order valence-electron chi connectivity index (χ1n) is 6.97. The van der Waals surface area contributed by atoms with Crippen LogP contribution in [0.2, 0.25) is 5.02 Å². The van der Waals surface area contributed by atoms with E-state index >= 15 is 0 Å². The van der Waals surface area contributed by atoms with E-state index in [1.165, 1.54) is 11.1 Å². The average Bonchev–Trinajstić information content (AvgIpc) is 3.03. The molecule has 2 aromatic carbocycles. The number of fused-ring (bicyclic) bond motifs is 2. The van der Waals surface area contributed by atoms with Crippen molar-refractivity contribution in [1.82, 2.24) is 0 Å². The molecule has 2 aliphatic rings. The minimum Gasteiger partial charge on any atom is -0.443 e. The predicted octanol–water partition coefficient (Wildman–Crippen LogP) is 1.82. The molecule has 0 atom stereocenters. The van der Waals surface area contributed by atoms with Crippen molar-refractivity contribution >= 4 is 36.8 Å². The van der Waals surface area contributed by atoms with Crippen molar-refractivity contribution in [3.05, 3.63) is 58.1 Å². The fraction of sp³-hybridized carbons (Fsp3) is 0.200. The molecule has 2 heterocycles. The molecule has 0 saturated heterocycles. The summed E-state index contributed by atoms with van der Waals surface area (Å²) in [5.74, 6) is 0. The summed E-state index contributed by atoms with van der Waals surface area (Å²) in [5.41, 5.74) is 5.62. The summed E-state index contributed by atoms with van der Waals surface area (Å²) in [7, 11) is -0.762. The molecule has 4 rings (SSSR count). The molecule has 0 radical (unpaired) electrons. The third kappa shape index (κ3) is 2.40. The number of aryl methyl sites for hydroxylation is 1. The molecular weight excluding hydrogens is 285 g/mol. The monoisotopic (exact) mass is 298 g/mol. The van der Waals surface area contributed by atoms with Crippen LogP contribution < -0.4 is 10.9 Å². The largest absolute Gasteiger partial charge is 0.481 e. The Balaban J connectivity index is 1.57. The molecule has 0 unspecified atom stereocenters. The number of hydrogen-bond acceptors (Lipinski definition) is 3. The van der Waals surface area contributed by atoms with Crippen LogP contribution in [0.4, 0.5) is 0 Å². The molecule has 0 fully saturated rings. The van der Waals surface area contributed by atoms with Crippen LogP contribution >= 0.6 is 11.6 Å². The lowest BCUT2D eigenvalue weighted by molar-refractivity contribution is 0.238. The van der Waals surface area contributed by atoms with E-state index in [1.54, 1.807) is 0 Å². The van der Waals surface area contributed by atoms with Crippen molar-refractivity contribution in [2.75, 3.05) is 0 Å². The summed E-state index contributed by atoms with van der Waals surface area (Å²) in [6, 6.07) is 12.0. The van der Waals surface area contributed by atoms with Gasteiger partial charge in [0.05, 0.1) is 13.2 Å². The summed E-state index contributed by atoms with van der Waals surface area (Å²) in [4.78, 5) is 0. The first-order chi connectivity index (χ1) is 10.2. The van der Waals surface area contributed by atoms with Gasteiger partial charge < -0.3 is 13.9 Å². The molecule has 2 aliphatic heterocycles. The van der Waals surface area contributed by atoms with Crippen LogP contribution in [-0.2, 0) is 27.1 Å². The van der Waals surface area contributed by atoms with Crippen molar-refractivity contribution in [3.8, 4) is 0 Å². The third-order valence-electron chi connectivity index (χ3n) is 3.94. The van der Waals surface area contributed by atoms with Crippen LogP contribution in [0.5, 0.6) is 0 Å². The Morgan fingerprint density at radius 1 is 0.952 bits per heavy atom. The third-order valence-corrected chi connectivity index (χ3v) is 4.17. The number of hydrogen-bond donors (Lipinski definition) is 0. The molecule has 104 valence electrons. The second-order valence-corrected chi connectivity index (χ2v) is 5.90. The first kappa shape index (κ1) is 13.4. The van der Waals surface area contributed by atoms with Gasteiger partial charge in [0.1, 0.15) is 0 Å². The molecule has 21 heavy (non-hydrogen) atoms. The van der Waals surface area contributed by atoms with E-state index in [4.69, 9.17) is 25.5 Å². The van der Waals surface area contributed by atoms with E-state index in [0.29, 0.717) is 13.2 Å². The lowest BCUT2D eigenvalue weighted by atomic mass is 9.71. The molecule has 2 aromatic rings. The maximum atomic E-state index is 6.02. The normalized spacial score (nSPS) is 16.3. The van der Waals surface area contributed by atoms with Gasteiger partial charge in [-0.05, 0) is 41.1 Å². The SMILES string of the molecule is Cc1ccc2c(c1)COB2OB1OCc2cc(Cl)ccc21. The van der Waals surface area contributed by atoms with Crippen molar-refractivity contribution in [2.45, 2.75) is 20.1 Å². The summed E-state index contributed by atoms with van der Waals surface area (Å²) in [6.45, 7) is 3.18. The molecule has 0 N–H and O–H groups in total. The van der Waals surface area contributed by atoms with Crippen LogP contribution in [0.1, 0.15) is 16.7 Å². The highest BCUT2D eigenvalue weighted by atomic mass is 35.5. The highest BCUT2D eigenvalue weighted by molar-refractivity contribution is 6.75. The second kappa shape index (κ2) is 5.18. The lowest BCUT2D eigenvalue weighted by Crippen LogP contribution is -2.43. The standard InChI is InChI=1S/C15H13B2ClO3/c1-10-2-4-14-11(6-10)8-19-16(14)21-17-15-5-3-13(18)7-12(15)9-20-17/h2-7H,8-9H2,1H3. The molecule has 6 heteroatoms. The van der Waals surface area contributed by atoms with Crippen LogP contribution in [0.15, 0.2) is 36.4 Å². The van der Waals surface area contributed by atoms with Crippen molar-refractivity contribution in [1.29, 1.82) is 0 Å². The molecule has 3 nitrogen and oxygen atoms in total. The molecule has 0 amide bonds. The Hall–Kier alpha value is -1.26. The Labute approximate surface area is 129 Å². The number of benzene rings is 2. The zero-order valence-electron chi connectivity index (χ0n) is 11.6. The lowest BCUT2D eigenvalue weighted by Gasteiger charge is -2.12. The molecule has 0 spiro atoms. The van der Waals surface area contributed by atoms with E-state index in [1.807, 2.05) is 18.2 Å². The van der Waals surface area contributed by atoms with E-state index < -0.39 is 7.12 Å². The predicted molar refractivity (Wildman–Crippen MR) is 84.1 cm³/mol. The molecular formula is C15H13B2ClO3. The Bertz CT molecular complexity index is 648. The van der Waals surface area contributed by atoms with Crippen LogP contribution in [-0.4, -0.2) is 14.2 Å². The topological polar surface area (TPSA) is 27.7 Å². The molecule has 0 aromatic heterocycles. The quantitative estimate of drug-likeness (QED) is 0.792. The summed E-state index contributed by atoms with van der Waals surface area (Å²) < 4.78 is 17.5. The van der Waals surface area contributed by atoms with Gasteiger partial charge in [-0.2, -0.15) is 0 Å². The van der Waals surface area contributed by atoms with Crippen LogP contribution in [0.3, 0.4) is 0 Å². The van der Waals surface area contributed by atoms with Crippen LogP contribution in [0, 0.1) is 6.92 Å². The smallest absolute Gasteiger partial charge is 0.443 e. The van der Waals surface area contributed by atoms with Crippen molar-refractivity contribution in [2.24, 2.45) is 0 Å². The zero-order chi connectivity index (χ0) is 14.4. The van der Waals surface area contributed by atoms with E-state index in [0.717, 1.165) is 21.5 Å². The maximum Gasteiger partial charge on any atom is 0.481 e. The summed E-state index contributed by atoms with van der Waals surface area (Å²) in [5, 5.41) is 0.718. The zero-order valence-corrected chi connectivity index (χ0v) is 12.4. The van der Waals surface area contributed by atoms with Crippen LogP contribution in [0.25, 0.3) is 0 Å². The van der Waals surface area contributed by atoms with Gasteiger partial charge in [0.15, 0.2) is 0 Å². The van der Waals surface area contributed by atoms with Gasteiger partial charge in [-0.1, -0.05) is 41.4 Å². The summed E-state index contributed by atoms with van der Waals surface area (Å²) >= 11 is 6.00. The van der Waals surface area contributed by atoms with Gasteiger partial charge in [0, 0.05) is 5.02 Å². The highest BCUT2D eigenvalue weighted by Crippen LogP contribution is 2.19. The van der Waals surface area contributed by atoms with Gasteiger partial charge in [-0.15, -0.1) is 0 Å². The Morgan fingerprint density at radius 2 is 1.57 bits per heavy atom. The Kier molecular flexibility index (Phi) is 3.31. The second-order valence-electron chi connectivity index (χ2n) is 5.47. The van der Waals surface area contributed by atoms with Gasteiger partial charge >= 0.3 is 14.2 Å².